The van der Waals surface area contributed by atoms with Gasteiger partial charge in [-0.05, 0) is 259 Å². The molecule has 754 valence electrons. The number of pyridine rings is 10. The number of nitrogens with one attached hydrogen (secondary N) is 1. The second-order valence-electron chi connectivity index (χ2n) is 37.6. The molecule has 41 heteroatoms. The molecular weight excluding hydrogens is 1870 g/mol. The molecular formula is C106H115N31O10. The quantitative estimate of drug-likeness (QED) is 0.0502. The first-order valence-corrected chi connectivity index (χ1v) is 47.9. The van der Waals surface area contributed by atoms with Gasteiger partial charge in [0.1, 0.15) is 82.5 Å². The first kappa shape index (κ1) is 104. The van der Waals surface area contributed by atoms with Crippen LogP contribution in [0.3, 0.4) is 0 Å². The van der Waals surface area contributed by atoms with E-state index in [-0.39, 0.29) is 55.0 Å². The number of likely N-dealkylation sites (N-methyl/N-ethyl adjacent to an activating group) is 1. The summed E-state index contributed by atoms with van der Waals surface area (Å²) in [6.45, 7) is 35.7. The highest BCUT2D eigenvalue weighted by Gasteiger charge is 2.43. The third kappa shape index (κ3) is 28.7. The van der Waals surface area contributed by atoms with E-state index in [0.29, 0.717) is 157 Å². The van der Waals surface area contributed by atoms with Crippen molar-refractivity contribution in [3.05, 3.63) is 297 Å². The number of rotatable bonds is 25. The van der Waals surface area contributed by atoms with Crippen LogP contribution in [0.15, 0.2) is 183 Å². The average Bonchev–Trinajstić information content (AvgIpc) is 1.69. The molecule has 19 heterocycles. The Hall–Kier alpha value is -17.1. The van der Waals surface area contributed by atoms with Crippen LogP contribution in [-0.2, 0) is 55.8 Å². The van der Waals surface area contributed by atoms with Gasteiger partial charge in [0.2, 0.25) is 35.6 Å². The molecule has 41 nitrogen and oxygen atoms in total. The van der Waals surface area contributed by atoms with Gasteiger partial charge in [0.25, 0.3) is 0 Å². The lowest BCUT2D eigenvalue weighted by Gasteiger charge is -2.25. The molecule has 147 heavy (non-hydrogen) atoms. The number of hydrogen-bond donors (Lipinski definition) is 2. The minimum atomic E-state index is -0.870. The van der Waals surface area contributed by atoms with Gasteiger partial charge >= 0.3 is 24.4 Å². The van der Waals surface area contributed by atoms with E-state index in [1.54, 1.807) is 44.8 Å². The van der Waals surface area contributed by atoms with Crippen LogP contribution < -0.4 is 29.8 Å². The summed E-state index contributed by atoms with van der Waals surface area (Å²) in [7, 11) is 1.86. The molecule has 0 aliphatic carbocycles. The Bertz CT molecular complexity index is 7320. The largest absolute Gasteiger partial charge is 0.447 e. The van der Waals surface area contributed by atoms with E-state index in [2.05, 4.69) is 130 Å². The number of ether oxygens (including phenoxy) is 4. The van der Waals surface area contributed by atoms with Crippen molar-refractivity contribution in [2.75, 3.05) is 70.9 Å². The highest BCUT2D eigenvalue weighted by atomic mass is 16.6. The van der Waals surface area contributed by atoms with Gasteiger partial charge < -0.3 is 34.3 Å². The van der Waals surface area contributed by atoms with Crippen LogP contribution in [0.25, 0.3) is 57.6 Å². The maximum absolute atomic E-state index is 12.5. The molecule has 2 N–H and O–H groups in total. The van der Waals surface area contributed by atoms with Crippen molar-refractivity contribution in [2.24, 2.45) is 5.92 Å². The Kier molecular flexibility index (Phi) is 33.0. The Morgan fingerprint density at radius 3 is 1.06 bits per heavy atom. The van der Waals surface area contributed by atoms with Crippen molar-refractivity contribution in [3.8, 4) is 57.6 Å². The third-order valence-electron chi connectivity index (χ3n) is 22.7. The van der Waals surface area contributed by atoms with Gasteiger partial charge in [-0.15, -0.1) is 0 Å². The summed E-state index contributed by atoms with van der Waals surface area (Å²) in [5.41, 5.74) is 15.8. The van der Waals surface area contributed by atoms with Crippen LogP contribution in [0, 0.1) is 75.2 Å². The van der Waals surface area contributed by atoms with Crippen molar-refractivity contribution in [1.82, 2.24) is 130 Å². The second-order valence-corrected chi connectivity index (χ2v) is 37.6. The normalized spacial score (nSPS) is 15.0. The molecule has 0 radical (unpaired) electrons. The Morgan fingerprint density at radius 1 is 0.415 bits per heavy atom. The Balaban J connectivity index is 0.000000138. The molecule has 19 rings (SSSR count). The molecule has 15 aromatic heterocycles. The summed E-state index contributed by atoms with van der Waals surface area (Å²) < 4.78 is 21.2. The minimum Gasteiger partial charge on any atom is -0.447 e. The molecule has 4 saturated heterocycles. The zero-order chi connectivity index (χ0) is 104. The lowest BCUT2D eigenvalue weighted by Crippen LogP contribution is -2.43. The third-order valence-corrected chi connectivity index (χ3v) is 22.7. The zero-order valence-electron chi connectivity index (χ0n) is 85.4. The van der Waals surface area contributed by atoms with E-state index >= 15 is 0 Å². The molecule has 0 saturated carbocycles. The Morgan fingerprint density at radius 2 is 0.741 bits per heavy atom. The van der Waals surface area contributed by atoms with E-state index in [1.807, 2.05) is 267 Å². The second kappa shape index (κ2) is 46.5. The van der Waals surface area contributed by atoms with E-state index < -0.39 is 41.6 Å². The standard InChI is InChI=1S/C22H23N7O3.C22H24N6O2.C21H22N6O2.C21H26N6O.C20H20N6O2/c1-13-5-4-6-18(25-13)20-26-19(10-16-7-8-23-14(2)9-16)27-21(28-20)29-17(11-24-15(3)30)12-32-22(29)31;1-13(2)18-12-30-22(29)28(18)21-26-19(11-16-8-9-23-15(4)10-16)25-20(27-21)17-7-5-6-14(3)24-17;1-13-6-5-7-16(23-13)18-24-17(11-15-8-9-22-14(2)10-15)25-19(26-18)27-12-21(3,4)29-20(27)28;1-14-7-6-8-17(23-14)19-24-18(12-16-9-10-22-15(2)11-16)25-20(26-19)27(5)13-21(3,4)28;1-12-5-4-6-16(22-12)18-23-17(10-15-7-8-21-13(2)9-15)24-19(25-18)26-11-14(3)28-20(26)27/h4-9,17H,10-12H2,1-3H3,(H,24,30);5-10,13,18H,11-12H2,1-4H3;5-10H,11-12H2,1-4H3;6-11,28H,12-13H2,1-5H3;4-9,14H,10-11H2,1-3H3. The smallest absolute Gasteiger partial charge is 0.417 e. The summed E-state index contributed by atoms with van der Waals surface area (Å²) in [5.74, 6) is 6.51. The van der Waals surface area contributed by atoms with Gasteiger partial charge in [-0.2, -0.15) is 49.8 Å². The topological polar surface area (TPSA) is 493 Å². The lowest BCUT2D eigenvalue weighted by atomic mass is 10.1. The predicted octanol–water partition coefficient (Wildman–Crippen LogP) is 14.4. The molecule has 4 fully saturated rings. The molecule has 0 bridgehead atoms. The number of aromatic nitrogens is 25. The fraction of sp³-hybridized carbons (Fsp3) is 0.340. The van der Waals surface area contributed by atoms with Crippen molar-refractivity contribution < 1.29 is 48.0 Å². The van der Waals surface area contributed by atoms with Crippen molar-refractivity contribution >= 4 is 60.0 Å². The number of hydrogen-bond acceptors (Lipinski definition) is 36. The molecule has 4 aliphatic rings. The molecule has 0 aromatic carbocycles. The number of amides is 5. The monoisotopic (exact) mass is 1980 g/mol. The van der Waals surface area contributed by atoms with Crippen LogP contribution in [0.1, 0.15) is 169 Å². The van der Waals surface area contributed by atoms with Crippen LogP contribution in [0.5, 0.6) is 0 Å². The van der Waals surface area contributed by atoms with Gasteiger partial charge in [-0.3, -0.25) is 29.7 Å². The summed E-state index contributed by atoms with van der Waals surface area (Å²) >= 11 is 0. The van der Waals surface area contributed by atoms with E-state index in [9.17, 15) is 29.1 Å². The van der Waals surface area contributed by atoms with E-state index in [0.717, 1.165) is 84.8 Å². The fourth-order valence-electron chi connectivity index (χ4n) is 16.1. The summed E-state index contributed by atoms with van der Waals surface area (Å²) in [6, 6.07) is 47.3. The summed E-state index contributed by atoms with van der Waals surface area (Å²) in [5, 5.41) is 12.9. The minimum absolute atomic E-state index is 0.127. The lowest BCUT2D eigenvalue weighted by molar-refractivity contribution is -0.119. The summed E-state index contributed by atoms with van der Waals surface area (Å²) in [4.78, 5) is 181. The van der Waals surface area contributed by atoms with Crippen molar-refractivity contribution in [3.63, 3.8) is 0 Å². The average molecular weight is 1980 g/mol. The number of aliphatic hydroxyl groups is 1. The Labute approximate surface area is 850 Å². The molecule has 3 unspecified atom stereocenters. The molecule has 0 spiro atoms. The highest BCUT2D eigenvalue weighted by Crippen LogP contribution is 2.33. The number of nitrogens with zero attached hydrogens (tertiary/aromatic N) is 30. The van der Waals surface area contributed by atoms with Crippen LogP contribution in [0.2, 0.25) is 0 Å². The van der Waals surface area contributed by atoms with E-state index in [1.165, 1.54) is 26.5 Å². The van der Waals surface area contributed by atoms with Crippen LogP contribution in [0.4, 0.5) is 48.9 Å². The maximum atomic E-state index is 12.5. The number of carbonyl (C=O) groups is 5. The van der Waals surface area contributed by atoms with Gasteiger partial charge in [-0.1, -0.05) is 44.2 Å². The van der Waals surface area contributed by atoms with Gasteiger partial charge in [-0.25, -0.2) is 88.6 Å². The predicted molar refractivity (Wildman–Crippen MR) is 547 cm³/mol. The van der Waals surface area contributed by atoms with Gasteiger partial charge in [0.15, 0.2) is 29.1 Å². The van der Waals surface area contributed by atoms with Gasteiger partial charge in [0, 0.05) is 147 Å². The van der Waals surface area contributed by atoms with E-state index in [4.69, 9.17) is 18.9 Å². The van der Waals surface area contributed by atoms with Crippen LogP contribution in [-0.4, -0.2) is 236 Å². The fourth-order valence-corrected chi connectivity index (χ4v) is 16.1. The molecule has 5 amide bonds. The van der Waals surface area contributed by atoms with Gasteiger partial charge in [0.05, 0.1) is 30.8 Å². The number of aryl methyl sites for hydroxylation is 10. The zero-order valence-corrected chi connectivity index (χ0v) is 85.4. The molecule has 15 aromatic rings. The number of cyclic esters (lactones) is 4. The number of carbonyl (C=O) groups excluding carboxylic acids is 5. The maximum Gasteiger partial charge on any atom is 0.417 e. The SMILES string of the molecule is CC(=O)NCC1COC(=O)N1c1nc(Cc2ccnc(C)c2)nc(-c2cccc(C)n2)n1.Cc1cc(Cc2nc(-c3cccc(C)n3)nc(N(C)CC(C)(C)O)n2)ccn1.Cc1cc(Cc2nc(-c3cccc(C)n3)nc(N3C(=O)OCC3C(C)C)n2)ccn1.Cc1cc(Cc2nc(-c3cccc(C)n3)nc(N3CC(C)(C)OC3=O)n2)ccn1.Cc1cc(Cc2nc(-c3cccc(C)n3)nc(N3CC(C)OC3=O)n2)ccn1. The van der Waals surface area contributed by atoms with Crippen LogP contribution >= 0.6 is 0 Å². The first-order chi connectivity index (χ1) is 70.2. The van der Waals surface area contributed by atoms with Crippen molar-refractivity contribution in [2.45, 2.75) is 186 Å². The molecule has 3 atom stereocenters. The summed E-state index contributed by atoms with van der Waals surface area (Å²) in [6.07, 6.45) is 9.15. The van der Waals surface area contributed by atoms with Crippen molar-refractivity contribution in [1.29, 1.82) is 0 Å². The number of anilines is 5. The first-order valence-electron chi connectivity index (χ1n) is 47.9. The molecule has 4 aliphatic heterocycles. The highest BCUT2D eigenvalue weighted by molar-refractivity contribution is 5.90.